The van der Waals surface area contributed by atoms with Crippen molar-refractivity contribution in [1.29, 1.82) is 0 Å². The lowest BCUT2D eigenvalue weighted by Crippen LogP contribution is -2.65. The molecular formula is C39H43BrFN3O6SSi. The van der Waals surface area contributed by atoms with E-state index in [9.17, 15) is 23.6 Å². The Morgan fingerprint density at radius 3 is 2.33 bits per heavy atom. The highest BCUT2D eigenvalue weighted by molar-refractivity contribution is 9.11. The molecule has 1 unspecified atom stereocenters. The molecule has 3 heterocycles. The van der Waals surface area contributed by atoms with Crippen LogP contribution in [0.15, 0.2) is 92.2 Å². The first-order chi connectivity index (χ1) is 24.9. The minimum atomic E-state index is -3.27. The number of carbonyl (C=O) groups is 1. The number of hydrogen-bond donors (Lipinski definition) is 2. The van der Waals surface area contributed by atoms with Crippen LogP contribution < -0.4 is 31.7 Å². The number of benzene rings is 3. The van der Waals surface area contributed by atoms with Gasteiger partial charge in [0.2, 0.25) is 5.91 Å². The third kappa shape index (κ3) is 7.08. The molecule has 5 aromatic rings. The third-order valence-corrected chi connectivity index (χ3v) is 17.0. The molecule has 1 aliphatic heterocycles. The van der Waals surface area contributed by atoms with Crippen molar-refractivity contribution >= 4 is 62.1 Å². The quantitative estimate of drug-likeness (QED) is 0.112. The number of nitrogens with zero attached hydrogens (tertiary/aromatic N) is 2. The molecule has 13 heteroatoms. The minimum Gasteiger partial charge on any atom is -0.496 e. The van der Waals surface area contributed by atoms with E-state index >= 15 is 0 Å². The van der Waals surface area contributed by atoms with Crippen LogP contribution in [0.2, 0.25) is 5.04 Å². The molecular weight excluding hydrogens is 765 g/mol. The molecule has 6 rings (SSSR count). The number of piperidine rings is 1. The van der Waals surface area contributed by atoms with E-state index in [1.165, 1.54) is 41.2 Å². The average Bonchev–Trinajstić information content (AvgIpc) is 3.45. The maximum Gasteiger partial charge on any atom is 0.332 e. The fourth-order valence-corrected chi connectivity index (χ4v) is 12.8. The first kappa shape index (κ1) is 37.9. The fraction of sp³-hybridized carbons (Fsp3) is 0.359. The third-order valence-electron chi connectivity index (χ3n) is 10.3. The number of nitrogens with one attached hydrogen (secondary N) is 1. The van der Waals surface area contributed by atoms with Crippen molar-refractivity contribution in [3.8, 4) is 5.75 Å². The Morgan fingerprint density at radius 1 is 1.06 bits per heavy atom. The first-order valence-corrected chi connectivity index (χ1v) is 20.9. The van der Waals surface area contributed by atoms with E-state index in [1.807, 2.05) is 60.7 Å². The van der Waals surface area contributed by atoms with Crippen LogP contribution in [0.4, 0.5) is 4.39 Å². The number of hydrogen-bond acceptors (Lipinski definition) is 7. The topological polar surface area (TPSA) is 112 Å². The Labute approximate surface area is 315 Å². The van der Waals surface area contributed by atoms with Gasteiger partial charge in [-0.05, 0) is 87.7 Å². The lowest BCUT2D eigenvalue weighted by molar-refractivity contribution is -0.126. The number of ether oxygens (including phenoxy) is 2. The van der Waals surface area contributed by atoms with Gasteiger partial charge in [0.25, 0.3) is 13.9 Å². The second-order valence-electron chi connectivity index (χ2n) is 13.9. The van der Waals surface area contributed by atoms with Crippen molar-refractivity contribution in [2.24, 2.45) is 0 Å². The summed E-state index contributed by atoms with van der Waals surface area (Å²) in [6.45, 7) is 6.59. The number of halogens is 2. The second-order valence-corrected chi connectivity index (χ2v) is 20.1. The second kappa shape index (κ2) is 15.6. The van der Waals surface area contributed by atoms with Gasteiger partial charge in [-0.3, -0.25) is 14.2 Å². The summed E-state index contributed by atoms with van der Waals surface area (Å²) in [7, 11) is -1.78. The summed E-state index contributed by atoms with van der Waals surface area (Å²) in [5.74, 6) is -0.488. The van der Waals surface area contributed by atoms with Crippen LogP contribution in [0, 0.1) is 12.7 Å². The normalized spacial score (nSPS) is 15.8. The number of rotatable bonds is 13. The van der Waals surface area contributed by atoms with Gasteiger partial charge in [-0.1, -0.05) is 74.5 Å². The number of thiophene rings is 1. The van der Waals surface area contributed by atoms with Crippen molar-refractivity contribution in [2.75, 3.05) is 20.3 Å². The van der Waals surface area contributed by atoms with Crippen LogP contribution in [0.3, 0.4) is 0 Å². The summed E-state index contributed by atoms with van der Waals surface area (Å²) in [6.07, 6.45) is 1.26. The zero-order chi connectivity index (χ0) is 37.2. The average molecular weight is 809 g/mol. The molecule has 3 aromatic carbocycles. The highest BCUT2D eigenvalue weighted by atomic mass is 79.9. The molecule has 0 bridgehead atoms. The molecule has 0 aliphatic carbocycles. The van der Waals surface area contributed by atoms with Crippen molar-refractivity contribution < 1.29 is 23.5 Å². The number of amides is 1. The molecule has 9 nitrogen and oxygen atoms in total. The van der Waals surface area contributed by atoms with Crippen LogP contribution in [0.1, 0.15) is 62.8 Å². The summed E-state index contributed by atoms with van der Waals surface area (Å²) in [6, 6.07) is 22.8. The molecule has 52 heavy (non-hydrogen) atoms. The van der Waals surface area contributed by atoms with E-state index in [0.29, 0.717) is 63.1 Å². The predicted octanol–water partition coefficient (Wildman–Crippen LogP) is 5.96. The number of aromatic nitrogens is 2. The summed E-state index contributed by atoms with van der Waals surface area (Å²) in [5.41, 5.74) is -0.0866. The van der Waals surface area contributed by atoms with Crippen LogP contribution in [0.25, 0.3) is 10.2 Å². The van der Waals surface area contributed by atoms with E-state index in [4.69, 9.17) is 9.47 Å². The van der Waals surface area contributed by atoms with Crippen LogP contribution in [-0.2, 0) is 16.1 Å². The van der Waals surface area contributed by atoms with E-state index in [2.05, 4.69) is 35.1 Å². The lowest BCUT2D eigenvalue weighted by Gasteiger charge is -2.41. The molecule has 1 saturated heterocycles. The predicted molar refractivity (Wildman–Crippen MR) is 209 cm³/mol. The standard InChI is InChI=1S/C39H43BrFN3O6SSi/c1-25-33-36(46)44(30-17-11-21-42-35(30)45)38(47)43(37(33)51-34(25)40)24-32(29-23-26(41)18-19-31(29)49-4)50-22-12-20-39(2,3)52(48,27-13-7-5-8-14-27)28-15-9-6-10-16-28/h5-10,13-16,18-19,23,30,32,48H,11-12,17,20-22,24H2,1-4H3,(H,42,45)/t30?,32-/m0/s1. The van der Waals surface area contributed by atoms with Crippen molar-refractivity contribution in [1.82, 2.24) is 14.5 Å². The Kier molecular flexibility index (Phi) is 11.4. The Hall–Kier alpha value is -3.88. The van der Waals surface area contributed by atoms with Crippen LogP contribution in [0.5, 0.6) is 5.75 Å². The van der Waals surface area contributed by atoms with E-state index < -0.39 is 42.6 Å². The highest BCUT2D eigenvalue weighted by Crippen LogP contribution is 2.40. The zero-order valence-electron chi connectivity index (χ0n) is 29.7. The molecule has 274 valence electrons. The Balaban J connectivity index is 1.36. The number of carbonyl (C=O) groups excluding carboxylic acids is 1. The Bertz CT molecular complexity index is 2150. The summed E-state index contributed by atoms with van der Waals surface area (Å²) in [4.78, 5) is 54.3. The van der Waals surface area contributed by atoms with Gasteiger partial charge in [-0.2, -0.15) is 0 Å². The minimum absolute atomic E-state index is 0.0771. The monoisotopic (exact) mass is 807 g/mol. The van der Waals surface area contributed by atoms with Gasteiger partial charge in [0.15, 0.2) is 0 Å². The zero-order valence-corrected chi connectivity index (χ0v) is 33.1. The van der Waals surface area contributed by atoms with Gasteiger partial charge < -0.3 is 19.6 Å². The molecule has 1 amide bonds. The smallest absolute Gasteiger partial charge is 0.332 e. The van der Waals surface area contributed by atoms with Gasteiger partial charge in [0.1, 0.15) is 28.5 Å². The first-order valence-electron chi connectivity index (χ1n) is 17.4. The van der Waals surface area contributed by atoms with Crippen molar-refractivity contribution in [2.45, 2.75) is 70.2 Å². The molecule has 2 atom stereocenters. The molecule has 0 radical (unpaired) electrons. The van der Waals surface area contributed by atoms with E-state index in [1.54, 1.807) is 6.92 Å². The highest BCUT2D eigenvalue weighted by Gasteiger charge is 2.49. The lowest BCUT2D eigenvalue weighted by atomic mass is 10.1. The summed E-state index contributed by atoms with van der Waals surface area (Å²) >= 11 is 4.81. The van der Waals surface area contributed by atoms with Gasteiger partial charge in [0.05, 0.1) is 22.8 Å². The molecule has 1 aliphatic rings. The SMILES string of the molecule is COc1ccc(F)cc1[C@H](Cn1c(=O)n(C2CCCNC2=O)c(=O)c2c(C)c(Br)sc21)OCCCC(C)(C)[Si](O)(c1ccccc1)c1ccccc1. The molecule has 2 aromatic heterocycles. The van der Waals surface area contributed by atoms with Crippen molar-refractivity contribution in [3.63, 3.8) is 0 Å². The maximum atomic E-state index is 14.9. The summed E-state index contributed by atoms with van der Waals surface area (Å²) in [5, 5.41) is 4.43. The van der Waals surface area contributed by atoms with Gasteiger partial charge in [-0.25, -0.2) is 13.8 Å². The van der Waals surface area contributed by atoms with Crippen LogP contribution in [-0.4, -0.2) is 48.4 Å². The number of aryl methyl sites for hydroxylation is 1. The van der Waals surface area contributed by atoms with Crippen LogP contribution >= 0.6 is 27.3 Å². The number of fused-ring (bicyclic) bond motifs is 1. The molecule has 0 spiro atoms. The van der Waals surface area contributed by atoms with E-state index in [-0.39, 0.29) is 19.1 Å². The fourth-order valence-electron chi connectivity index (χ4n) is 7.37. The largest absolute Gasteiger partial charge is 0.496 e. The number of methoxy groups -OCH3 is 1. The van der Waals surface area contributed by atoms with Gasteiger partial charge >= 0.3 is 5.69 Å². The molecule has 1 fully saturated rings. The molecule has 0 saturated carbocycles. The van der Waals surface area contributed by atoms with E-state index in [0.717, 1.165) is 14.9 Å². The maximum absolute atomic E-state index is 14.9. The Morgan fingerprint density at radius 2 is 1.71 bits per heavy atom. The summed E-state index contributed by atoms with van der Waals surface area (Å²) < 4.78 is 30.3. The van der Waals surface area contributed by atoms with Gasteiger partial charge in [-0.15, -0.1) is 11.3 Å². The van der Waals surface area contributed by atoms with Crippen molar-refractivity contribution in [3.05, 3.63) is 120 Å². The molecule has 2 N–H and O–H groups in total. The van der Waals surface area contributed by atoms with Gasteiger partial charge in [0, 0.05) is 18.7 Å².